The third-order valence-corrected chi connectivity index (χ3v) is 9.10. The Morgan fingerprint density at radius 2 is 1.77 bits per heavy atom. The van der Waals surface area contributed by atoms with Gasteiger partial charge in [0.2, 0.25) is 5.91 Å². The fourth-order valence-corrected chi connectivity index (χ4v) is 6.85. The average molecular weight is 508 g/mol. The quantitative estimate of drug-likeness (QED) is 0.213. The van der Waals surface area contributed by atoms with Crippen LogP contribution in [0.4, 0.5) is 4.79 Å². The van der Waals surface area contributed by atoms with Crippen molar-refractivity contribution in [3.8, 4) is 0 Å². The van der Waals surface area contributed by atoms with Crippen LogP contribution in [-0.2, 0) is 9.53 Å². The summed E-state index contributed by atoms with van der Waals surface area (Å²) in [5.74, 6) is 1.39. The number of amides is 2. The van der Waals surface area contributed by atoms with Crippen molar-refractivity contribution in [2.45, 2.75) is 97.1 Å². The lowest BCUT2D eigenvalue weighted by Gasteiger charge is -2.43. The second-order valence-electron chi connectivity index (χ2n) is 11.2. The van der Waals surface area contributed by atoms with E-state index in [-0.39, 0.29) is 35.2 Å². The summed E-state index contributed by atoms with van der Waals surface area (Å²) < 4.78 is 5.22. The fraction of sp³-hybridized carbons (Fsp3) is 0.846. The van der Waals surface area contributed by atoms with Gasteiger partial charge in [0, 0.05) is 19.0 Å². The molecule has 2 saturated carbocycles. The average Bonchev–Trinajstić information content (AvgIpc) is 3.54. The molecule has 1 aliphatic heterocycles. The van der Waals surface area contributed by atoms with E-state index in [9.17, 15) is 9.59 Å². The Kier molecular flexibility index (Phi) is 9.78. The van der Waals surface area contributed by atoms with Gasteiger partial charge < -0.3 is 26.0 Å². The highest BCUT2D eigenvalue weighted by atomic mass is 32.1. The second-order valence-corrected chi connectivity index (χ2v) is 11.6. The predicted octanol–water partition coefficient (Wildman–Crippen LogP) is 3.97. The Morgan fingerprint density at radius 1 is 1.11 bits per heavy atom. The van der Waals surface area contributed by atoms with Crippen LogP contribution in [-0.4, -0.2) is 59.5 Å². The van der Waals surface area contributed by atoms with Gasteiger partial charge in [-0.3, -0.25) is 10.2 Å². The molecule has 0 unspecified atom stereocenters. The molecule has 3 rings (SSSR count). The maximum Gasteiger partial charge on any atom is 0.407 e. The summed E-state index contributed by atoms with van der Waals surface area (Å²) in [5.41, 5.74) is 5.43. The summed E-state index contributed by atoms with van der Waals surface area (Å²) in [6, 6.07) is -0.670. The Hall–Kier alpha value is -1.90. The normalized spacial score (nSPS) is 26.3. The number of likely N-dealkylation sites (tertiary alicyclic amines) is 1. The molecule has 0 radical (unpaired) electrons. The summed E-state index contributed by atoms with van der Waals surface area (Å²) in [6.07, 6.45) is 9.70. The van der Waals surface area contributed by atoms with Gasteiger partial charge in [0.05, 0.1) is 18.5 Å². The lowest BCUT2D eigenvalue weighted by molar-refractivity contribution is -0.124. The van der Waals surface area contributed by atoms with Crippen LogP contribution >= 0.6 is 12.2 Å². The summed E-state index contributed by atoms with van der Waals surface area (Å²) in [4.78, 5) is 28.4. The van der Waals surface area contributed by atoms with E-state index in [4.69, 9.17) is 28.1 Å². The van der Waals surface area contributed by atoms with E-state index in [1.165, 1.54) is 12.8 Å². The van der Waals surface area contributed by atoms with E-state index >= 15 is 0 Å². The zero-order chi connectivity index (χ0) is 25.6. The topological polar surface area (TPSA) is 121 Å². The van der Waals surface area contributed by atoms with Gasteiger partial charge in [0.1, 0.15) is 11.0 Å². The summed E-state index contributed by atoms with van der Waals surface area (Å²) in [6.45, 7) is 7.85. The van der Waals surface area contributed by atoms with Crippen molar-refractivity contribution >= 4 is 35.0 Å². The molecule has 1 saturated heterocycles. The van der Waals surface area contributed by atoms with Crippen molar-refractivity contribution in [3.63, 3.8) is 0 Å². The number of amidine groups is 1. The molecule has 2 amide bonds. The molecule has 35 heavy (non-hydrogen) atoms. The fourth-order valence-electron chi connectivity index (χ4n) is 6.27. The maximum atomic E-state index is 13.3. The molecule has 0 spiro atoms. The summed E-state index contributed by atoms with van der Waals surface area (Å²) in [7, 11) is 0. The van der Waals surface area contributed by atoms with E-state index in [2.05, 4.69) is 24.5 Å². The van der Waals surface area contributed by atoms with E-state index in [0.717, 1.165) is 57.9 Å². The molecular formula is C26H45N5O3S. The predicted molar refractivity (Wildman–Crippen MR) is 142 cm³/mol. The Labute approximate surface area is 216 Å². The molecule has 9 heteroatoms. The van der Waals surface area contributed by atoms with E-state index in [1.807, 2.05) is 4.90 Å². The Bertz CT molecular complexity index is 775. The monoisotopic (exact) mass is 507 g/mol. The van der Waals surface area contributed by atoms with Crippen LogP contribution in [0.25, 0.3) is 0 Å². The molecule has 2 aliphatic carbocycles. The highest BCUT2D eigenvalue weighted by Gasteiger charge is 2.45. The number of carbonyl (C=O) groups excluding carboxylic acids is 2. The zero-order valence-corrected chi connectivity index (χ0v) is 22.6. The Balaban J connectivity index is 1.64. The number of hydrogen-bond donors (Lipinski definition) is 4. The number of alkyl carbamates (subject to hydrolysis) is 1. The standard InChI is InChI=1S/C26H45N5O3S/c1-4-34-25(33)30-21(26(2,3)19-8-5-6-9-19)24(35)31-15-7-10-20(31)23(32)29-16-17-11-13-18(14-12-17)22(27)28/h17-21H,4-16H2,1-3H3,(H3,27,28)(H,29,32)(H,30,33)/t17?,18?,20-,21+/m0/s1. The van der Waals surface area contributed by atoms with Gasteiger partial charge in [-0.25, -0.2) is 4.79 Å². The number of hydrogen-bond acceptors (Lipinski definition) is 5. The molecule has 0 bridgehead atoms. The highest BCUT2D eigenvalue weighted by molar-refractivity contribution is 7.80. The van der Waals surface area contributed by atoms with Gasteiger partial charge in [-0.15, -0.1) is 0 Å². The van der Waals surface area contributed by atoms with Gasteiger partial charge in [0.25, 0.3) is 0 Å². The lowest BCUT2D eigenvalue weighted by Crippen LogP contribution is -2.59. The molecule has 3 aliphatic rings. The molecular weight excluding hydrogens is 462 g/mol. The van der Waals surface area contributed by atoms with Crippen LogP contribution < -0.4 is 16.4 Å². The van der Waals surface area contributed by atoms with Crippen molar-refractivity contribution in [2.75, 3.05) is 19.7 Å². The van der Waals surface area contributed by atoms with Crippen LogP contribution in [0.5, 0.6) is 0 Å². The van der Waals surface area contributed by atoms with Crippen molar-refractivity contribution in [3.05, 3.63) is 0 Å². The summed E-state index contributed by atoms with van der Waals surface area (Å²) >= 11 is 6.01. The van der Waals surface area contributed by atoms with E-state index in [1.54, 1.807) is 6.92 Å². The van der Waals surface area contributed by atoms with Gasteiger partial charge in [-0.05, 0) is 75.5 Å². The van der Waals surface area contributed by atoms with Crippen LogP contribution in [0, 0.1) is 28.6 Å². The molecule has 0 aromatic carbocycles. The lowest BCUT2D eigenvalue weighted by atomic mass is 9.71. The number of thiocarbonyl (C=S) groups is 1. The minimum Gasteiger partial charge on any atom is -0.450 e. The van der Waals surface area contributed by atoms with E-state index in [0.29, 0.717) is 30.0 Å². The first-order valence-corrected chi connectivity index (χ1v) is 13.9. The van der Waals surface area contributed by atoms with Gasteiger partial charge in [0.15, 0.2) is 0 Å². The third kappa shape index (κ3) is 6.86. The SMILES string of the molecule is CCOC(=O)N[C@H](C(=S)N1CCC[C@H]1C(=O)NCC1CCC(C(=N)N)CC1)C(C)(C)C1CCCC1. The van der Waals surface area contributed by atoms with Crippen molar-refractivity contribution in [2.24, 2.45) is 28.9 Å². The molecule has 198 valence electrons. The zero-order valence-electron chi connectivity index (χ0n) is 21.7. The van der Waals surface area contributed by atoms with Crippen LogP contribution in [0.2, 0.25) is 0 Å². The maximum absolute atomic E-state index is 13.3. The molecule has 3 fully saturated rings. The first-order chi connectivity index (χ1) is 16.6. The molecule has 0 aromatic heterocycles. The van der Waals surface area contributed by atoms with Crippen molar-refractivity contribution in [1.29, 1.82) is 5.41 Å². The highest BCUT2D eigenvalue weighted by Crippen LogP contribution is 2.43. The number of nitrogens with two attached hydrogens (primary N) is 1. The van der Waals surface area contributed by atoms with Gasteiger partial charge >= 0.3 is 6.09 Å². The Morgan fingerprint density at radius 3 is 2.37 bits per heavy atom. The second kappa shape index (κ2) is 12.4. The van der Waals surface area contributed by atoms with Crippen LogP contribution in [0.15, 0.2) is 0 Å². The number of rotatable bonds is 9. The number of nitrogens with zero attached hydrogens (tertiary/aromatic N) is 1. The first-order valence-electron chi connectivity index (χ1n) is 13.5. The van der Waals surface area contributed by atoms with Crippen molar-refractivity contribution < 1.29 is 14.3 Å². The summed E-state index contributed by atoms with van der Waals surface area (Å²) in [5, 5.41) is 13.9. The molecule has 1 heterocycles. The van der Waals surface area contributed by atoms with Crippen LogP contribution in [0.1, 0.15) is 85.0 Å². The minimum atomic E-state index is -0.452. The minimum absolute atomic E-state index is 0.0205. The third-order valence-electron chi connectivity index (χ3n) is 8.63. The number of ether oxygens (including phenoxy) is 1. The van der Waals surface area contributed by atoms with Crippen LogP contribution in [0.3, 0.4) is 0 Å². The number of carbonyl (C=O) groups is 2. The van der Waals surface area contributed by atoms with Crippen molar-refractivity contribution in [1.82, 2.24) is 15.5 Å². The largest absolute Gasteiger partial charge is 0.450 e. The number of nitrogens with one attached hydrogen (secondary N) is 3. The molecule has 0 aromatic rings. The van der Waals surface area contributed by atoms with Gasteiger partial charge in [-0.1, -0.05) is 38.9 Å². The first kappa shape index (κ1) is 27.7. The van der Waals surface area contributed by atoms with E-state index < -0.39 is 6.09 Å². The van der Waals surface area contributed by atoms with Gasteiger partial charge in [-0.2, -0.15) is 0 Å². The molecule has 8 nitrogen and oxygen atoms in total. The molecule has 5 N–H and O–H groups in total. The smallest absolute Gasteiger partial charge is 0.407 e. The molecule has 2 atom stereocenters.